The van der Waals surface area contributed by atoms with E-state index in [0.29, 0.717) is 24.6 Å². The third-order valence-electron chi connectivity index (χ3n) is 4.77. The topological polar surface area (TPSA) is 93.4 Å². The molecular weight excluding hydrogens is 409 g/mol. The SMILES string of the molecule is NC(=O)c1nnc(-c2c(F)cccc2Cl)cc1Nc1ccc(N2CCOCC2)cc1. The molecule has 1 aliphatic heterocycles. The number of hydrogen-bond donors (Lipinski definition) is 2. The molecule has 3 N–H and O–H groups in total. The Morgan fingerprint density at radius 1 is 1.13 bits per heavy atom. The number of anilines is 3. The number of amides is 1. The number of benzene rings is 2. The summed E-state index contributed by atoms with van der Waals surface area (Å²) in [7, 11) is 0. The quantitative estimate of drug-likeness (QED) is 0.646. The zero-order valence-electron chi connectivity index (χ0n) is 15.9. The summed E-state index contributed by atoms with van der Waals surface area (Å²) >= 11 is 6.14. The van der Waals surface area contributed by atoms with Gasteiger partial charge in [0.15, 0.2) is 5.69 Å². The van der Waals surface area contributed by atoms with Crippen molar-refractivity contribution >= 4 is 34.6 Å². The molecule has 1 aliphatic rings. The van der Waals surface area contributed by atoms with Gasteiger partial charge in [-0.15, -0.1) is 10.2 Å². The number of ether oxygens (including phenoxy) is 1. The van der Waals surface area contributed by atoms with Crippen LogP contribution in [0, 0.1) is 5.82 Å². The van der Waals surface area contributed by atoms with E-state index in [1.807, 2.05) is 24.3 Å². The molecule has 0 spiro atoms. The zero-order valence-corrected chi connectivity index (χ0v) is 16.7. The number of primary amides is 1. The number of carbonyl (C=O) groups excluding carboxylic acids is 1. The van der Waals surface area contributed by atoms with Crippen LogP contribution in [0.2, 0.25) is 5.02 Å². The van der Waals surface area contributed by atoms with Crippen LogP contribution < -0.4 is 16.0 Å². The third-order valence-corrected chi connectivity index (χ3v) is 5.08. The third kappa shape index (κ3) is 4.19. The fourth-order valence-corrected chi connectivity index (χ4v) is 3.53. The van der Waals surface area contributed by atoms with Gasteiger partial charge < -0.3 is 20.7 Å². The first-order valence-corrected chi connectivity index (χ1v) is 9.72. The molecule has 1 amide bonds. The average Bonchev–Trinajstić information content (AvgIpc) is 2.75. The van der Waals surface area contributed by atoms with Crippen LogP contribution in [0.1, 0.15) is 10.5 Å². The molecule has 0 bridgehead atoms. The van der Waals surface area contributed by atoms with Crippen LogP contribution >= 0.6 is 11.6 Å². The summed E-state index contributed by atoms with van der Waals surface area (Å²) in [4.78, 5) is 14.0. The lowest BCUT2D eigenvalue weighted by molar-refractivity contribution is 0.0995. The van der Waals surface area contributed by atoms with Crippen molar-refractivity contribution in [2.24, 2.45) is 5.73 Å². The number of nitrogens with zero attached hydrogens (tertiary/aromatic N) is 3. The molecule has 0 unspecified atom stereocenters. The van der Waals surface area contributed by atoms with Gasteiger partial charge in [0.2, 0.25) is 0 Å². The summed E-state index contributed by atoms with van der Waals surface area (Å²) in [6.45, 7) is 3.07. The van der Waals surface area contributed by atoms with Gasteiger partial charge in [0.1, 0.15) is 5.82 Å². The highest BCUT2D eigenvalue weighted by Gasteiger charge is 2.18. The summed E-state index contributed by atoms with van der Waals surface area (Å²) < 4.78 is 19.7. The molecule has 3 aromatic rings. The maximum Gasteiger partial charge on any atom is 0.271 e. The maximum absolute atomic E-state index is 14.3. The lowest BCUT2D eigenvalue weighted by Gasteiger charge is -2.29. The van der Waals surface area contributed by atoms with Crippen LogP contribution in [0.3, 0.4) is 0 Å². The first kappa shape index (κ1) is 20.1. The van der Waals surface area contributed by atoms with Crippen LogP contribution in [0.15, 0.2) is 48.5 Å². The number of aromatic nitrogens is 2. The number of carbonyl (C=O) groups is 1. The monoisotopic (exact) mass is 427 g/mol. The van der Waals surface area contributed by atoms with Gasteiger partial charge in [-0.1, -0.05) is 17.7 Å². The normalized spacial score (nSPS) is 13.9. The van der Waals surface area contributed by atoms with E-state index in [0.717, 1.165) is 18.8 Å². The second kappa shape index (κ2) is 8.64. The minimum absolute atomic E-state index is 0.0523. The van der Waals surface area contributed by atoms with Gasteiger partial charge in [-0.25, -0.2) is 4.39 Å². The van der Waals surface area contributed by atoms with E-state index >= 15 is 0 Å². The molecule has 1 saturated heterocycles. The average molecular weight is 428 g/mol. The largest absolute Gasteiger partial charge is 0.378 e. The summed E-state index contributed by atoms with van der Waals surface area (Å²) in [6.07, 6.45) is 0. The molecule has 0 atom stereocenters. The Morgan fingerprint density at radius 3 is 2.53 bits per heavy atom. The van der Waals surface area contributed by atoms with Crippen molar-refractivity contribution in [1.29, 1.82) is 0 Å². The van der Waals surface area contributed by atoms with E-state index in [1.54, 1.807) is 6.07 Å². The summed E-state index contributed by atoms with van der Waals surface area (Å²) in [5, 5.41) is 11.1. The van der Waals surface area contributed by atoms with Crippen LogP contribution in [0.5, 0.6) is 0 Å². The number of rotatable bonds is 5. The van der Waals surface area contributed by atoms with Crippen molar-refractivity contribution in [2.75, 3.05) is 36.5 Å². The Balaban J connectivity index is 1.65. The molecule has 4 rings (SSSR count). The molecule has 30 heavy (non-hydrogen) atoms. The fraction of sp³-hybridized carbons (Fsp3) is 0.190. The first-order valence-electron chi connectivity index (χ1n) is 9.34. The molecule has 0 radical (unpaired) electrons. The van der Waals surface area contributed by atoms with Crippen molar-refractivity contribution in [3.05, 3.63) is 65.1 Å². The molecule has 2 aromatic carbocycles. The highest BCUT2D eigenvalue weighted by Crippen LogP contribution is 2.32. The molecule has 0 saturated carbocycles. The molecule has 1 aromatic heterocycles. The Labute approximate surface area is 177 Å². The van der Waals surface area contributed by atoms with Gasteiger partial charge in [-0.05, 0) is 42.5 Å². The Morgan fingerprint density at radius 2 is 1.87 bits per heavy atom. The zero-order chi connectivity index (χ0) is 21.1. The standard InChI is InChI=1S/C21H19ClFN5O2/c22-15-2-1-3-16(23)19(15)17-12-18(20(21(24)29)27-26-17)25-13-4-6-14(7-5-13)28-8-10-30-11-9-28/h1-7,12H,8-11H2,(H2,24,29)(H,25,26). The summed E-state index contributed by atoms with van der Waals surface area (Å²) in [6, 6.07) is 13.6. The number of hydrogen-bond acceptors (Lipinski definition) is 6. The van der Waals surface area contributed by atoms with Crippen LogP contribution in [0.4, 0.5) is 21.5 Å². The van der Waals surface area contributed by atoms with E-state index in [1.165, 1.54) is 18.2 Å². The first-order chi connectivity index (χ1) is 14.5. The number of nitrogens with one attached hydrogen (secondary N) is 1. The molecule has 9 heteroatoms. The Bertz CT molecular complexity index is 1050. The van der Waals surface area contributed by atoms with Crippen molar-refractivity contribution in [3.8, 4) is 11.3 Å². The minimum Gasteiger partial charge on any atom is -0.378 e. The highest BCUT2D eigenvalue weighted by molar-refractivity contribution is 6.33. The van der Waals surface area contributed by atoms with E-state index in [-0.39, 0.29) is 22.0 Å². The summed E-state index contributed by atoms with van der Waals surface area (Å²) in [5.41, 5.74) is 7.78. The number of morpholine rings is 1. The number of halogens is 2. The smallest absolute Gasteiger partial charge is 0.271 e. The maximum atomic E-state index is 14.3. The predicted octanol–water partition coefficient (Wildman–Crippen LogP) is 3.62. The van der Waals surface area contributed by atoms with Gasteiger partial charge in [0.05, 0.1) is 35.2 Å². The molecule has 7 nitrogen and oxygen atoms in total. The highest BCUT2D eigenvalue weighted by atomic mass is 35.5. The van der Waals surface area contributed by atoms with Gasteiger partial charge in [0.25, 0.3) is 5.91 Å². The lowest BCUT2D eigenvalue weighted by Crippen LogP contribution is -2.36. The van der Waals surface area contributed by atoms with Crippen LogP contribution in [-0.4, -0.2) is 42.4 Å². The fourth-order valence-electron chi connectivity index (χ4n) is 3.27. The Hall–Kier alpha value is -3.23. The summed E-state index contributed by atoms with van der Waals surface area (Å²) in [5.74, 6) is -1.29. The molecule has 154 valence electrons. The molecule has 2 heterocycles. The van der Waals surface area contributed by atoms with Gasteiger partial charge in [-0.3, -0.25) is 4.79 Å². The van der Waals surface area contributed by atoms with Crippen molar-refractivity contribution < 1.29 is 13.9 Å². The second-order valence-electron chi connectivity index (χ2n) is 6.72. The van der Waals surface area contributed by atoms with Gasteiger partial charge in [-0.2, -0.15) is 0 Å². The van der Waals surface area contributed by atoms with Gasteiger partial charge in [0, 0.05) is 24.5 Å². The predicted molar refractivity (Wildman–Crippen MR) is 114 cm³/mol. The van der Waals surface area contributed by atoms with E-state index in [4.69, 9.17) is 22.1 Å². The minimum atomic E-state index is -0.749. The van der Waals surface area contributed by atoms with E-state index in [2.05, 4.69) is 20.4 Å². The lowest BCUT2D eigenvalue weighted by atomic mass is 10.1. The van der Waals surface area contributed by atoms with Crippen molar-refractivity contribution in [2.45, 2.75) is 0 Å². The molecule has 1 fully saturated rings. The van der Waals surface area contributed by atoms with Crippen LogP contribution in [0.25, 0.3) is 11.3 Å². The van der Waals surface area contributed by atoms with Crippen molar-refractivity contribution in [3.63, 3.8) is 0 Å². The molecular formula is C21H19ClFN5O2. The molecule has 0 aliphatic carbocycles. The number of nitrogens with two attached hydrogens (primary N) is 1. The van der Waals surface area contributed by atoms with E-state index in [9.17, 15) is 9.18 Å². The Kier molecular flexibility index (Phi) is 5.78. The second-order valence-corrected chi connectivity index (χ2v) is 7.13. The van der Waals surface area contributed by atoms with Crippen LogP contribution in [-0.2, 0) is 4.74 Å². The van der Waals surface area contributed by atoms with E-state index < -0.39 is 11.7 Å². The van der Waals surface area contributed by atoms with Crippen molar-refractivity contribution in [1.82, 2.24) is 10.2 Å². The van der Waals surface area contributed by atoms with Gasteiger partial charge >= 0.3 is 0 Å².